The fourth-order valence-electron chi connectivity index (χ4n) is 0.747. The van der Waals surface area contributed by atoms with Gasteiger partial charge in [-0.2, -0.15) is 0 Å². The van der Waals surface area contributed by atoms with Gasteiger partial charge < -0.3 is 4.74 Å². The highest BCUT2D eigenvalue weighted by atomic mass is 35.5. The first-order valence-corrected chi connectivity index (χ1v) is 4.02. The highest BCUT2D eigenvalue weighted by molar-refractivity contribution is 6.67. The number of carbonyl (C=O) groups is 2. The Morgan fingerprint density at radius 3 is 2.00 bits per heavy atom. The maximum Gasteiger partial charge on any atom is 0.409 e. The minimum absolute atomic E-state index is 0.265. The summed E-state index contributed by atoms with van der Waals surface area (Å²) in [6, 6.07) is 5.72. The van der Waals surface area contributed by atoms with Crippen molar-refractivity contribution in [2.24, 2.45) is 0 Å². The Morgan fingerprint density at radius 1 is 1.08 bits per heavy atom. The van der Waals surface area contributed by atoms with Crippen molar-refractivity contribution in [2.75, 3.05) is 0 Å². The van der Waals surface area contributed by atoms with Gasteiger partial charge in [-0.3, -0.25) is 4.79 Å². The summed E-state index contributed by atoms with van der Waals surface area (Å²) < 4.78 is 4.52. The number of hydrogen-bond donors (Lipinski definition) is 0. The number of halogens is 2. The lowest BCUT2D eigenvalue weighted by molar-refractivity contribution is 0.108. The Labute approximate surface area is 84.2 Å². The van der Waals surface area contributed by atoms with Gasteiger partial charge in [-0.1, -0.05) is 0 Å². The van der Waals surface area contributed by atoms with E-state index < -0.39 is 10.7 Å². The lowest BCUT2D eigenvalue weighted by atomic mass is 10.2. The van der Waals surface area contributed by atoms with E-state index in [-0.39, 0.29) is 5.75 Å². The molecule has 0 N–H and O–H groups in total. The van der Waals surface area contributed by atoms with E-state index in [0.717, 1.165) is 0 Å². The molecule has 1 rings (SSSR count). The fourth-order valence-corrected chi connectivity index (χ4v) is 0.962. The quantitative estimate of drug-likeness (QED) is 0.718. The predicted molar refractivity (Wildman–Crippen MR) is 48.5 cm³/mol. The molecule has 3 nitrogen and oxygen atoms in total. The maximum absolute atomic E-state index is 10.6. The minimum Gasteiger partial charge on any atom is -0.415 e. The van der Waals surface area contributed by atoms with Crippen molar-refractivity contribution in [3.05, 3.63) is 29.8 Å². The van der Waals surface area contributed by atoms with Gasteiger partial charge in [0.1, 0.15) is 5.75 Å². The molecule has 0 heterocycles. The Balaban J connectivity index is 2.81. The molecule has 0 amide bonds. The van der Waals surface area contributed by atoms with Gasteiger partial charge in [-0.05, 0) is 35.9 Å². The SMILES string of the molecule is O=C(Cl)Oc1ccc(C(=O)Cl)cc1. The van der Waals surface area contributed by atoms with E-state index >= 15 is 0 Å². The summed E-state index contributed by atoms with van der Waals surface area (Å²) in [7, 11) is 0. The van der Waals surface area contributed by atoms with Crippen molar-refractivity contribution < 1.29 is 14.3 Å². The monoisotopic (exact) mass is 218 g/mol. The predicted octanol–water partition coefficient (Wildman–Crippen LogP) is 2.80. The first-order chi connectivity index (χ1) is 6.09. The average molecular weight is 219 g/mol. The molecule has 5 heteroatoms. The highest BCUT2D eigenvalue weighted by Gasteiger charge is 2.03. The largest absolute Gasteiger partial charge is 0.415 e. The molecule has 0 spiro atoms. The van der Waals surface area contributed by atoms with Crippen LogP contribution in [0.25, 0.3) is 0 Å². The smallest absolute Gasteiger partial charge is 0.409 e. The Bertz CT molecular complexity index is 332. The topological polar surface area (TPSA) is 43.4 Å². The van der Waals surface area contributed by atoms with Crippen LogP contribution < -0.4 is 4.74 Å². The lowest BCUT2D eigenvalue weighted by Crippen LogP contribution is -1.96. The molecular formula is C8H4Cl2O3. The number of hydrogen-bond acceptors (Lipinski definition) is 3. The second-order valence-electron chi connectivity index (χ2n) is 2.14. The summed E-state index contributed by atoms with van der Waals surface area (Å²) in [4.78, 5) is 20.9. The maximum atomic E-state index is 10.6. The fraction of sp³-hybridized carbons (Fsp3) is 0. The first-order valence-electron chi connectivity index (χ1n) is 3.27. The summed E-state index contributed by atoms with van der Waals surface area (Å²) in [5, 5.41) is -0.566. The van der Waals surface area contributed by atoms with E-state index in [1.165, 1.54) is 24.3 Å². The zero-order valence-corrected chi connectivity index (χ0v) is 7.80. The second kappa shape index (κ2) is 4.25. The van der Waals surface area contributed by atoms with Gasteiger partial charge >= 0.3 is 5.43 Å². The van der Waals surface area contributed by atoms with Crippen molar-refractivity contribution in [3.63, 3.8) is 0 Å². The molecule has 0 fully saturated rings. The Morgan fingerprint density at radius 2 is 1.62 bits per heavy atom. The van der Waals surface area contributed by atoms with Crippen LogP contribution in [0.2, 0.25) is 0 Å². The molecule has 0 saturated carbocycles. The second-order valence-corrected chi connectivity index (χ2v) is 2.79. The van der Waals surface area contributed by atoms with Crippen molar-refractivity contribution >= 4 is 33.9 Å². The van der Waals surface area contributed by atoms with Crippen LogP contribution in [0.4, 0.5) is 4.79 Å². The molecule has 0 aliphatic carbocycles. The number of ether oxygens (including phenoxy) is 1. The standard InChI is InChI=1S/C8H4Cl2O3/c9-7(11)5-1-3-6(4-2-5)13-8(10)12/h1-4H. The third kappa shape index (κ3) is 3.05. The van der Waals surface area contributed by atoms with Gasteiger partial charge in [0.05, 0.1) is 0 Å². The molecule has 0 atom stereocenters. The van der Waals surface area contributed by atoms with E-state index in [2.05, 4.69) is 4.74 Å². The summed E-state index contributed by atoms with van der Waals surface area (Å²) in [5.74, 6) is 0.265. The van der Waals surface area contributed by atoms with Crippen LogP contribution in [-0.4, -0.2) is 10.7 Å². The first kappa shape index (κ1) is 10.0. The molecule has 0 bridgehead atoms. The summed E-state index contributed by atoms with van der Waals surface area (Å²) in [6.45, 7) is 0. The van der Waals surface area contributed by atoms with E-state index in [9.17, 15) is 9.59 Å². The Kier molecular flexibility index (Phi) is 3.28. The zero-order valence-electron chi connectivity index (χ0n) is 6.29. The number of rotatable bonds is 2. The summed E-state index contributed by atoms with van der Waals surface area (Å²) >= 11 is 10.1. The van der Waals surface area contributed by atoms with Gasteiger partial charge in [-0.25, -0.2) is 4.79 Å². The molecule has 0 radical (unpaired) electrons. The summed E-state index contributed by atoms with van der Waals surface area (Å²) in [5.41, 5.74) is -0.596. The van der Waals surface area contributed by atoms with Gasteiger partial charge in [-0.15, -0.1) is 0 Å². The normalized spacial score (nSPS) is 9.38. The van der Waals surface area contributed by atoms with Gasteiger partial charge in [0.2, 0.25) is 0 Å². The molecular weight excluding hydrogens is 215 g/mol. The molecule has 0 saturated heterocycles. The number of benzene rings is 1. The van der Waals surface area contributed by atoms with Gasteiger partial charge in [0.25, 0.3) is 5.24 Å². The van der Waals surface area contributed by atoms with Crippen molar-refractivity contribution in [3.8, 4) is 5.75 Å². The molecule has 1 aromatic rings. The Hall–Kier alpha value is -1.06. The molecule has 0 unspecified atom stereocenters. The van der Waals surface area contributed by atoms with Gasteiger partial charge in [0, 0.05) is 17.2 Å². The zero-order chi connectivity index (χ0) is 9.84. The third-order valence-electron chi connectivity index (χ3n) is 1.28. The van der Waals surface area contributed by atoms with E-state index in [0.29, 0.717) is 5.56 Å². The molecule has 0 aromatic heterocycles. The van der Waals surface area contributed by atoms with E-state index in [1.54, 1.807) is 0 Å². The van der Waals surface area contributed by atoms with Crippen LogP contribution in [0.1, 0.15) is 10.4 Å². The molecule has 13 heavy (non-hydrogen) atoms. The van der Waals surface area contributed by atoms with Crippen LogP contribution in [0.3, 0.4) is 0 Å². The van der Waals surface area contributed by atoms with Crippen LogP contribution in [0.15, 0.2) is 24.3 Å². The number of carbonyl (C=O) groups excluding carboxylic acids is 2. The van der Waals surface area contributed by atoms with Crippen molar-refractivity contribution in [2.45, 2.75) is 0 Å². The van der Waals surface area contributed by atoms with E-state index in [4.69, 9.17) is 23.2 Å². The molecule has 0 aliphatic rings. The molecule has 0 aliphatic heterocycles. The third-order valence-corrected chi connectivity index (χ3v) is 1.57. The van der Waals surface area contributed by atoms with Crippen LogP contribution in [0.5, 0.6) is 5.75 Å². The average Bonchev–Trinajstić information content (AvgIpc) is 2.04. The van der Waals surface area contributed by atoms with Crippen molar-refractivity contribution in [1.82, 2.24) is 0 Å². The minimum atomic E-state index is -0.926. The highest BCUT2D eigenvalue weighted by Crippen LogP contribution is 2.14. The van der Waals surface area contributed by atoms with Crippen LogP contribution >= 0.6 is 23.2 Å². The van der Waals surface area contributed by atoms with Crippen LogP contribution in [0, 0.1) is 0 Å². The van der Waals surface area contributed by atoms with Crippen molar-refractivity contribution in [1.29, 1.82) is 0 Å². The summed E-state index contributed by atoms with van der Waals surface area (Å²) in [6.07, 6.45) is 0. The lowest BCUT2D eigenvalue weighted by Gasteiger charge is -1.98. The van der Waals surface area contributed by atoms with Gasteiger partial charge in [0.15, 0.2) is 0 Å². The van der Waals surface area contributed by atoms with Crippen LogP contribution in [-0.2, 0) is 0 Å². The van der Waals surface area contributed by atoms with E-state index in [1.807, 2.05) is 0 Å². The molecule has 1 aromatic carbocycles. The molecule has 68 valence electrons.